The van der Waals surface area contributed by atoms with Crippen LogP contribution in [0.2, 0.25) is 0 Å². The van der Waals surface area contributed by atoms with Gasteiger partial charge in [-0.2, -0.15) is 0 Å². The van der Waals surface area contributed by atoms with Gasteiger partial charge in [-0.25, -0.2) is 0 Å². The highest BCUT2D eigenvalue weighted by molar-refractivity contribution is 5.79. The molecule has 6 heteroatoms. The highest BCUT2D eigenvalue weighted by atomic mass is 16.5. The van der Waals surface area contributed by atoms with Crippen molar-refractivity contribution in [2.75, 3.05) is 60.0 Å². The van der Waals surface area contributed by atoms with Crippen molar-refractivity contribution in [1.29, 1.82) is 0 Å². The molecule has 162 valence electrons. The highest BCUT2D eigenvalue weighted by Crippen LogP contribution is 2.33. The summed E-state index contributed by atoms with van der Waals surface area (Å²) in [7, 11) is 4.42. The van der Waals surface area contributed by atoms with Gasteiger partial charge >= 0.3 is 0 Å². The Bertz CT molecular complexity index is 647. The number of aliphatic imine (C=N–C) groups is 1. The Morgan fingerprint density at radius 2 is 1.97 bits per heavy atom. The van der Waals surface area contributed by atoms with Crippen LogP contribution in [0.4, 0.5) is 0 Å². The van der Waals surface area contributed by atoms with Crippen molar-refractivity contribution < 1.29 is 4.74 Å². The standard InChI is InChI=1S/C23H39N5O/c1-5-24-23(26-16-21-17-27(3)12-13-28(21)4)25-15-20-7-6-14-29-22(20)19-10-8-18(2)9-11-19/h8-11,20-22H,5-7,12-17H2,1-4H3,(H2,24,25,26). The number of benzene rings is 1. The molecule has 3 unspecified atom stereocenters. The maximum atomic E-state index is 6.17. The summed E-state index contributed by atoms with van der Waals surface area (Å²) >= 11 is 0. The lowest BCUT2D eigenvalue weighted by Crippen LogP contribution is -2.55. The van der Waals surface area contributed by atoms with Crippen LogP contribution in [-0.4, -0.2) is 81.8 Å². The van der Waals surface area contributed by atoms with E-state index in [4.69, 9.17) is 9.73 Å². The third kappa shape index (κ3) is 6.43. The summed E-state index contributed by atoms with van der Waals surface area (Å²) in [6, 6.07) is 9.28. The smallest absolute Gasteiger partial charge is 0.191 e. The Morgan fingerprint density at radius 3 is 2.72 bits per heavy atom. The number of hydrogen-bond acceptors (Lipinski definition) is 4. The topological polar surface area (TPSA) is 52.1 Å². The van der Waals surface area contributed by atoms with Crippen LogP contribution in [0.1, 0.15) is 37.0 Å². The van der Waals surface area contributed by atoms with E-state index in [1.807, 2.05) is 0 Å². The first-order valence-electron chi connectivity index (χ1n) is 11.2. The van der Waals surface area contributed by atoms with Crippen LogP contribution in [0.5, 0.6) is 0 Å². The first-order valence-corrected chi connectivity index (χ1v) is 11.2. The average molecular weight is 402 g/mol. The monoisotopic (exact) mass is 401 g/mol. The predicted octanol–water partition coefficient (Wildman–Crippen LogP) is 2.26. The zero-order chi connectivity index (χ0) is 20.6. The van der Waals surface area contributed by atoms with Crippen LogP contribution in [0.15, 0.2) is 29.3 Å². The van der Waals surface area contributed by atoms with Crippen LogP contribution in [-0.2, 0) is 4.74 Å². The van der Waals surface area contributed by atoms with Gasteiger partial charge in [0.15, 0.2) is 5.96 Å². The molecular formula is C23H39N5O. The number of rotatable bonds is 6. The molecule has 2 aliphatic heterocycles. The van der Waals surface area contributed by atoms with Crippen molar-refractivity contribution in [1.82, 2.24) is 20.4 Å². The molecule has 2 saturated heterocycles. The summed E-state index contributed by atoms with van der Waals surface area (Å²) in [5.74, 6) is 1.34. The van der Waals surface area contributed by atoms with Crippen LogP contribution < -0.4 is 10.6 Å². The first kappa shape index (κ1) is 22.1. The number of piperazine rings is 1. The molecule has 2 N–H and O–H groups in total. The average Bonchev–Trinajstić information content (AvgIpc) is 2.73. The number of guanidine groups is 1. The molecule has 29 heavy (non-hydrogen) atoms. The maximum absolute atomic E-state index is 6.17. The van der Waals surface area contributed by atoms with E-state index in [1.54, 1.807) is 0 Å². The second-order valence-corrected chi connectivity index (χ2v) is 8.60. The van der Waals surface area contributed by atoms with Crippen LogP contribution in [0.3, 0.4) is 0 Å². The van der Waals surface area contributed by atoms with E-state index < -0.39 is 0 Å². The minimum Gasteiger partial charge on any atom is -0.373 e. The number of aryl methyl sites for hydroxylation is 1. The van der Waals surface area contributed by atoms with Gasteiger partial charge in [0.05, 0.1) is 6.10 Å². The molecule has 0 spiro atoms. The third-order valence-electron chi connectivity index (χ3n) is 6.16. The van der Waals surface area contributed by atoms with E-state index >= 15 is 0 Å². The van der Waals surface area contributed by atoms with Crippen LogP contribution >= 0.6 is 0 Å². The largest absolute Gasteiger partial charge is 0.373 e. The Hall–Kier alpha value is -1.63. The van der Waals surface area contributed by atoms with E-state index in [0.717, 1.165) is 64.7 Å². The van der Waals surface area contributed by atoms with Gasteiger partial charge in [-0.1, -0.05) is 29.8 Å². The number of hydrogen-bond donors (Lipinski definition) is 2. The quantitative estimate of drug-likeness (QED) is 0.566. The van der Waals surface area contributed by atoms with Gasteiger partial charge in [0.2, 0.25) is 0 Å². The van der Waals surface area contributed by atoms with E-state index in [1.165, 1.54) is 11.1 Å². The van der Waals surface area contributed by atoms with Gasteiger partial charge in [0.1, 0.15) is 0 Å². The molecule has 0 saturated carbocycles. The summed E-state index contributed by atoms with van der Waals surface area (Å²) in [5.41, 5.74) is 2.57. The van der Waals surface area contributed by atoms with Crippen molar-refractivity contribution >= 4 is 5.96 Å². The molecule has 1 aromatic rings. The lowest BCUT2D eigenvalue weighted by Gasteiger charge is -2.38. The molecule has 1 aromatic carbocycles. The van der Waals surface area contributed by atoms with Crippen molar-refractivity contribution in [3.8, 4) is 0 Å². The lowest BCUT2D eigenvalue weighted by molar-refractivity contribution is -0.0250. The summed E-state index contributed by atoms with van der Waals surface area (Å²) < 4.78 is 6.17. The molecule has 0 aliphatic carbocycles. The SMILES string of the molecule is CCNC(=NCC1CCCOC1c1ccc(C)cc1)NCC1CN(C)CCN1C. The van der Waals surface area contributed by atoms with Gasteiger partial charge < -0.3 is 20.3 Å². The molecule has 3 rings (SSSR count). The van der Waals surface area contributed by atoms with Gasteiger partial charge in [0, 0.05) is 57.8 Å². The Balaban J connectivity index is 1.60. The van der Waals surface area contributed by atoms with Crippen molar-refractivity contribution in [3.63, 3.8) is 0 Å². The van der Waals surface area contributed by atoms with Gasteiger partial charge in [-0.15, -0.1) is 0 Å². The van der Waals surface area contributed by atoms with E-state index in [0.29, 0.717) is 12.0 Å². The summed E-state index contributed by atoms with van der Waals surface area (Å²) in [6.45, 7) is 11.0. The van der Waals surface area contributed by atoms with Crippen molar-refractivity contribution in [3.05, 3.63) is 35.4 Å². The number of ether oxygens (including phenoxy) is 1. The third-order valence-corrected chi connectivity index (χ3v) is 6.16. The fourth-order valence-corrected chi connectivity index (χ4v) is 4.24. The predicted molar refractivity (Wildman–Crippen MR) is 120 cm³/mol. The van der Waals surface area contributed by atoms with Gasteiger partial charge in [-0.3, -0.25) is 9.89 Å². The van der Waals surface area contributed by atoms with E-state index in [9.17, 15) is 0 Å². The fraction of sp³-hybridized carbons (Fsp3) is 0.696. The van der Waals surface area contributed by atoms with Crippen molar-refractivity contribution in [2.24, 2.45) is 10.9 Å². The molecule has 0 bridgehead atoms. The second kappa shape index (κ2) is 11.0. The van der Waals surface area contributed by atoms with Gasteiger partial charge in [0.25, 0.3) is 0 Å². The fourth-order valence-electron chi connectivity index (χ4n) is 4.24. The zero-order valence-corrected chi connectivity index (χ0v) is 18.7. The lowest BCUT2D eigenvalue weighted by atomic mass is 9.89. The summed E-state index contributed by atoms with van der Waals surface area (Å²) in [5, 5.41) is 6.99. The second-order valence-electron chi connectivity index (χ2n) is 8.60. The minimum atomic E-state index is 0.147. The van der Waals surface area contributed by atoms with E-state index in [2.05, 4.69) is 72.6 Å². The van der Waals surface area contributed by atoms with Gasteiger partial charge in [-0.05, 0) is 46.3 Å². The van der Waals surface area contributed by atoms with Crippen LogP contribution in [0, 0.1) is 12.8 Å². The molecule has 2 heterocycles. The number of likely N-dealkylation sites (N-methyl/N-ethyl adjacent to an activating group) is 2. The zero-order valence-electron chi connectivity index (χ0n) is 18.7. The summed E-state index contributed by atoms with van der Waals surface area (Å²) in [6.07, 6.45) is 2.43. The normalized spacial score (nSPS) is 27.0. The molecule has 2 aliphatic rings. The van der Waals surface area contributed by atoms with Crippen LogP contribution in [0.25, 0.3) is 0 Å². The maximum Gasteiger partial charge on any atom is 0.191 e. The molecule has 6 nitrogen and oxygen atoms in total. The Labute approximate surface area is 176 Å². The molecule has 2 fully saturated rings. The minimum absolute atomic E-state index is 0.147. The Morgan fingerprint density at radius 1 is 1.17 bits per heavy atom. The molecule has 0 radical (unpaired) electrons. The summed E-state index contributed by atoms with van der Waals surface area (Å²) in [4.78, 5) is 9.79. The Kier molecular flexibility index (Phi) is 8.33. The molecule has 3 atom stereocenters. The van der Waals surface area contributed by atoms with E-state index in [-0.39, 0.29) is 6.10 Å². The molecular weight excluding hydrogens is 362 g/mol. The van der Waals surface area contributed by atoms with Crippen molar-refractivity contribution in [2.45, 2.75) is 38.8 Å². The first-order chi connectivity index (χ1) is 14.1. The highest BCUT2D eigenvalue weighted by Gasteiger charge is 2.27. The number of nitrogens with zero attached hydrogens (tertiary/aromatic N) is 3. The molecule has 0 aromatic heterocycles. The molecule has 0 amide bonds. The number of nitrogens with one attached hydrogen (secondary N) is 2.